The highest BCUT2D eigenvalue weighted by Crippen LogP contribution is 2.50. The van der Waals surface area contributed by atoms with Gasteiger partial charge in [-0.2, -0.15) is 0 Å². The van der Waals surface area contributed by atoms with Crippen LogP contribution in [-0.4, -0.2) is 72.0 Å². The van der Waals surface area contributed by atoms with Crippen LogP contribution in [0, 0.1) is 0 Å². The molecule has 1 aromatic carbocycles. The second-order valence-corrected chi connectivity index (χ2v) is 8.58. The van der Waals surface area contributed by atoms with Gasteiger partial charge in [0, 0.05) is 10.7 Å². The number of nitrogens with one attached hydrogen (secondary N) is 1. The van der Waals surface area contributed by atoms with Crippen molar-refractivity contribution in [1.29, 1.82) is 0 Å². The normalized spacial score (nSPS) is 33.8. The van der Waals surface area contributed by atoms with Crippen LogP contribution in [0.3, 0.4) is 0 Å². The first-order chi connectivity index (χ1) is 12.5. The van der Waals surface area contributed by atoms with Crippen LogP contribution in [0.2, 0.25) is 5.02 Å². The largest absolute Gasteiger partial charge is 0.527 e. The van der Waals surface area contributed by atoms with Gasteiger partial charge < -0.3 is 35.0 Å². The molecule has 0 amide bonds. The maximum absolute atomic E-state index is 12.4. The van der Waals surface area contributed by atoms with Crippen LogP contribution in [0.5, 0.6) is 5.75 Å². The van der Waals surface area contributed by atoms with E-state index < -0.39 is 44.4 Å². The average Bonchev–Trinajstić information content (AvgIpc) is 3.01. The van der Waals surface area contributed by atoms with Crippen molar-refractivity contribution in [2.45, 2.75) is 36.6 Å². The van der Waals surface area contributed by atoms with Crippen molar-refractivity contribution in [3.8, 4) is 5.75 Å². The highest BCUT2D eigenvalue weighted by Gasteiger charge is 2.51. The molecule has 13 heteroatoms. The number of aromatic amines is 1. The third kappa shape index (κ3) is 3.90. The number of benzene rings is 1. The van der Waals surface area contributed by atoms with Crippen LogP contribution in [0.15, 0.2) is 22.8 Å². The summed E-state index contributed by atoms with van der Waals surface area (Å²) in [4.78, 5) is 12.8. The molecule has 3 rings (SSSR count). The molecule has 1 saturated carbocycles. The smallest absolute Gasteiger partial charge is 0.402 e. The van der Waals surface area contributed by atoms with Gasteiger partial charge in [0.05, 0.1) is 15.9 Å². The second kappa shape index (κ2) is 7.60. The van der Waals surface area contributed by atoms with Gasteiger partial charge in [-0.25, -0.2) is 4.57 Å². The quantitative estimate of drug-likeness (QED) is 0.298. The number of aliphatic hydroxyl groups excluding tert-OH is 5. The van der Waals surface area contributed by atoms with E-state index in [1.807, 2.05) is 0 Å². The summed E-state index contributed by atoms with van der Waals surface area (Å²) in [7, 11) is -4.95. The molecule has 0 bridgehead atoms. The summed E-state index contributed by atoms with van der Waals surface area (Å²) in [6.07, 6.45) is -10.2. The molecule has 1 aliphatic rings. The van der Waals surface area contributed by atoms with Crippen LogP contribution < -0.4 is 4.52 Å². The highest BCUT2D eigenvalue weighted by molar-refractivity contribution is 9.10. The Morgan fingerprint density at radius 1 is 1.04 bits per heavy atom. The van der Waals surface area contributed by atoms with E-state index in [1.54, 1.807) is 12.1 Å². The SMILES string of the molecule is O=P(O)(Oc1c[nH]c2ccc(Br)c(Cl)c12)OC1[C@H](O)[C@H](O)C(O)[C@H](O)[C@H]1O. The summed E-state index contributed by atoms with van der Waals surface area (Å²) >= 11 is 9.38. The van der Waals surface area contributed by atoms with E-state index in [0.717, 1.165) is 0 Å². The number of halogens is 2. The Morgan fingerprint density at radius 2 is 1.59 bits per heavy atom. The number of rotatable bonds is 4. The molecule has 0 aliphatic heterocycles. The molecule has 150 valence electrons. The zero-order chi connectivity index (χ0) is 20.1. The summed E-state index contributed by atoms with van der Waals surface area (Å²) in [6.45, 7) is 0. The topological polar surface area (TPSA) is 173 Å². The van der Waals surface area contributed by atoms with Crippen molar-refractivity contribution in [1.82, 2.24) is 4.98 Å². The summed E-state index contributed by atoms with van der Waals surface area (Å²) in [5.74, 6) is -0.136. The van der Waals surface area contributed by atoms with E-state index in [-0.39, 0.29) is 16.2 Å². The molecule has 0 radical (unpaired) electrons. The number of hydrogen-bond acceptors (Lipinski definition) is 8. The highest BCUT2D eigenvalue weighted by atomic mass is 79.9. The Morgan fingerprint density at radius 3 is 2.19 bits per heavy atom. The standard InChI is InChI=1S/C14H16BrClNO9P/c15-4-1-2-5-7(8(4)16)6(3-17-5)25-27(23,24)26-14-12(21)10(19)9(18)11(20)13(14)22/h1-3,9-14,17-22H,(H,23,24)/t9?,10-,11+,12-,13-,14?/m1/s1. The number of phosphoric ester groups is 1. The van der Waals surface area contributed by atoms with E-state index in [0.29, 0.717) is 9.99 Å². The molecule has 27 heavy (non-hydrogen) atoms. The van der Waals surface area contributed by atoms with Crippen LogP contribution in [0.1, 0.15) is 0 Å². The zero-order valence-electron chi connectivity index (χ0n) is 13.3. The molecular formula is C14H16BrClNO9P. The summed E-state index contributed by atoms with van der Waals surface area (Å²) in [6, 6.07) is 3.30. The molecular weight excluding hydrogens is 472 g/mol. The lowest BCUT2D eigenvalue weighted by Gasteiger charge is -2.41. The lowest BCUT2D eigenvalue weighted by Crippen LogP contribution is -2.64. The number of aliphatic hydroxyl groups is 5. The van der Waals surface area contributed by atoms with E-state index >= 15 is 0 Å². The molecule has 10 nitrogen and oxygen atoms in total. The summed E-state index contributed by atoms with van der Waals surface area (Å²) in [5.41, 5.74) is 0.505. The third-order valence-corrected chi connectivity index (χ3v) is 6.46. The third-order valence-electron chi connectivity index (χ3n) is 4.24. The van der Waals surface area contributed by atoms with Crippen molar-refractivity contribution in [2.24, 2.45) is 0 Å². The Labute approximate surface area is 165 Å². The molecule has 1 heterocycles. The molecule has 7 N–H and O–H groups in total. The van der Waals surface area contributed by atoms with Gasteiger partial charge in [-0.05, 0) is 28.1 Å². The van der Waals surface area contributed by atoms with Gasteiger partial charge in [-0.1, -0.05) is 11.6 Å². The fourth-order valence-corrected chi connectivity index (χ4v) is 4.40. The second-order valence-electron chi connectivity index (χ2n) is 6.02. The number of H-pyrrole nitrogens is 1. The van der Waals surface area contributed by atoms with Gasteiger partial charge in [0.2, 0.25) is 0 Å². The maximum Gasteiger partial charge on any atom is 0.527 e. The van der Waals surface area contributed by atoms with Crippen LogP contribution >= 0.6 is 35.4 Å². The minimum Gasteiger partial charge on any atom is -0.402 e. The van der Waals surface area contributed by atoms with Crippen LogP contribution in [-0.2, 0) is 9.09 Å². The number of fused-ring (bicyclic) bond motifs is 1. The zero-order valence-corrected chi connectivity index (χ0v) is 16.5. The molecule has 7 atom stereocenters. The van der Waals surface area contributed by atoms with Gasteiger partial charge >= 0.3 is 7.82 Å². The molecule has 1 fully saturated rings. The van der Waals surface area contributed by atoms with E-state index in [1.165, 1.54) is 6.20 Å². The maximum atomic E-state index is 12.4. The van der Waals surface area contributed by atoms with Crippen molar-refractivity contribution >= 4 is 46.3 Å². The van der Waals surface area contributed by atoms with Crippen LogP contribution in [0.4, 0.5) is 0 Å². The van der Waals surface area contributed by atoms with Gasteiger partial charge in [0.1, 0.15) is 36.6 Å². The predicted octanol–water partition coefficient (Wildman–Crippen LogP) is 0.266. The fourth-order valence-electron chi connectivity index (χ4n) is 2.82. The summed E-state index contributed by atoms with van der Waals surface area (Å²) in [5, 5.41) is 49.2. The summed E-state index contributed by atoms with van der Waals surface area (Å²) < 4.78 is 22.6. The van der Waals surface area contributed by atoms with Gasteiger partial charge in [0.25, 0.3) is 0 Å². The van der Waals surface area contributed by atoms with Crippen molar-refractivity contribution in [3.63, 3.8) is 0 Å². The molecule has 1 aliphatic carbocycles. The van der Waals surface area contributed by atoms with Gasteiger partial charge in [0.15, 0.2) is 5.75 Å². The molecule has 1 aromatic heterocycles. The first kappa shape index (κ1) is 21.0. The first-order valence-electron chi connectivity index (χ1n) is 7.59. The lowest BCUT2D eigenvalue weighted by molar-refractivity contribution is -0.219. The predicted molar refractivity (Wildman–Crippen MR) is 96.4 cm³/mol. The van der Waals surface area contributed by atoms with E-state index in [4.69, 9.17) is 20.6 Å². The Balaban J connectivity index is 1.86. The average molecular weight is 489 g/mol. The minimum atomic E-state index is -4.95. The number of aromatic nitrogens is 1. The Bertz CT molecular complexity index is 879. The van der Waals surface area contributed by atoms with E-state index in [9.17, 15) is 35.0 Å². The first-order valence-corrected chi connectivity index (χ1v) is 10.3. The molecule has 2 aromatic rings. The van der Waals surface area contributed by atoms with Gasteiger partial charge in [-0.15, -0.1) is 0 Å². The van der Waals surface area contributed by atoms with E-state index in [2.05, 4.69) is 20.9 Å². The molecule has 3 unspecified atom stereocenters. The number of hydrogen-bond donors (Lipinski definition) is 7. The lowest BCUT2D eigenvalue weighted by atomic mass is 9.85. The molecule has 0 spiro atoms. The van der Waals surface area contributed by atoms with Crippen molar-refractivity contribution in [3.05, 3.63) is 27.8 Å². The van der Waals surface area contributed by atoms with Crippen molar-refractivity contribution in [2.75, 3.05) is 0 Å². The van der Waals surface area contributed by atoms with Gasteiger partial charge in [-0.3, -0.25) is 9.42 Å². The number of phosphoric acid groups is 1. The minimum absolute atomic E-state index is 0.136. The van der Waals surface area contributed by atoms with Crippen LogP contribution in [0.25, 0.3) is 10.9 Å². The Kier molecular flexibility index (Phi) is 5.91. The Hall–Kier alpha value is -0.720. The monoisotopic (exact) mass is 487 g/mol. The van der Waals surface area contributed by atoms with Crippen molar-refractivity contribution < 1.29 is 44.0 Å². The molecule has 0 saturated heterocycles. The fraction of sp³-hybridized carbons (Fsp3) is 0.429.